The van der Waals surface area contributed by atoms with Gasteiger partial charge in [-0.05, 0) is 23.3 Å². The van der Waals surface area contributed by atoms with E-state index in [-0.39, 0.29) is 12.5 Å². The lowest BCUT2D eigenvalue weighted by molar-refractivity contribution is -0.122. The van der Waals surface area contributed by atoms with E-state index in [9.17, 15) is 9.59 Å². The number of para-hydroxylation sites is 1. The molecule has 0 radical (unpaired) electrons. The number of aryl methyl sites for hydroxylation is 1. The fourth-order valence-corrected chi connectivity index (χ4v) is 4.69. The van der Waals surface area contributed by atoms with E-state index < -0.39 is 11.9 Å². The van der Waals surface area contributed by atoms with Gasteiger partial charge in [-0.3, -0.25) is 15.0 Å². The number of rotatable bonds is 4. The fraction of sp³-hybridized carbons (Fsp3) is 0.120. The molecule has 1 aromatic heterocycles. The average molecular weight is 410 g/mol. The zero-order valence-corrected chi connectivity index (χ0v) is 17.1. The summed E-state index contributed by atoms with van der Waals surface area (Å²) in [6.45, 7) is -0.119. The Kier molecular flexibility index (Phi) is 4.56. The molecular weight excluding hydrogens is 388 g/mol. The monoisotopic (exact) mass is 410 g/mol. The van der Waals surface area contributed by atoms with Crippen molar-refractivity contribution in [2.75, 3.05) is 6.54 Å². The van der Waals surface area contributed by atoms with E-state index in [1.165, 1.54) is 0 Å². The molecular formula is C25H22N4O2. The average Bonchev–Trinajstić information content (AvgIpc) is 3.25. The Hall–Kier alpha value is -3.90. The number of hydrazine groups is 1. The highest BCUT2D eigenvalue weighted by atomic mass is 16.2. The molecule has 3 N–H and O–H groups in total. The summed E-state index contributed by atoms with van der Waals surface area (Å²) in [5, 5.41) is 1.05. The molecule has 0 fully saturated rings. The van der Waals surface area contributed by atoms with Gasteiger partial charge in [0.1, 0.15) is 6.54 Å². The van der Waals surface area contributed by atoms with Gasteiger partial charge in [0.25, 0.3) is 11.8 Å². The number of carbonyl (C=O) groups is 2. The van der Waals surface area contributed by atoms with E-state index in [4.69, 9.17) is 5.84 Å². The summed E-state index contributed by atoms with van der Waals surface area (Å²) >= 11 is 0. The molecule has 4 aromatic rings. The zero-order valence-electron chi connectivity index (χ0n) is 17.1. The highest BCUT2D eigenvalue weighted by Gasteiger charge is 2.41. The second-order valence-electron chi connectivity index (χ2n) is 7.69. The molecule has 31 heavy (non-hydrogen) atoms. The molecule has 2 heterocycles. The van der Waals surface area contributed by atoms with Crippen molar-refractivity contribution in [3.05, 3.63) is 95.6 Å². The third kappa shape index (κ3) is 2.92. The molecule has 1 aliphatic rings. The summed E-state index contributed by atoms with van der Waals surface area (Å²) < 4.78 is 2.16. The van der Waals surface area contributed by atoms with Crippen molar-refractivity contribution in [2.24, 2.45) is 12.9 Å². The first-order valence-corrected chi connectivity index (χ1v) is 10.1. The van der Waals surface area contributed by atoms with Gasteiger partial charge >= 0.3 is 0 Å². The number of nitrogens with zero attached hydrogens (tertiary/aromatic N) is 2. The van der Waals surface area contributed by atoms with Gasteiger partial charge in [0.05, 0.1) is 11.7 Å². The molecule has 3 aromatic carbocycles. The standard InChI is InChI=1S/C25H22N4O2/c1-28-20-14-8-7-13-19(20)22(23(28)16-9-3-2-4-10-16)24-17-11-5-6-12-18(17)25(31)29(24)15-21(30)27-26/h2-14,24H,15,26H2,1H3,(H,27,30). The van der Waals surface area contributed by atoms with Crippen molar-refractivity contribution in [1.82, 2.24) is 14.9 Å². The molecule has 6 nitrogen and oxygen atoms in total. The van der Waals surface area contributed by atoms with Gasteiger partial charge in [-0.2, -0.15) is 0 Å². The van der Waals surface area contributed by atoms with Crippen LogP contribution in [0.25, 0.3) is 22.2 Å². The van der Waals surface area contributed by atoms with E-state index in [1.54, 1.807) is 4.90 Å². The Morgan fingerprint density at radius 1 is 0.968 bits per heavy atom. The van der Waals surface area contributed by atoms with Crippen molar-refractivity contribution >= 4 is 22.7 Å². The molecule has 6 heteroatoms. The Labute approximate surface area is 179 Å². The van der Waals surface area contributed by atoms with Crippen LogP contribution in [0.15, 0.2) is 78.9 Å². The van der Waals surface area contributed by atoms with Crippen LogP contribution in [0.3, 0.4) is 0 Å². The van der Waals surface area contributed by atoms with Crippen LogP contribution in [0.4, 0.5) is 0 Å². The van der Waals surface area contributed by atoms with Gasteiger partial charge in [0.15, 0.2) is 0 Å². The van der Waals surface area contributed by atoms with E-state index >= 15 is 0 Å². The minimum atomic E-state index is -0.410. The summed E-state index contributed by atoms with van der Waals surface area (Å²) in [5.41, 5.74) is 7.82. The number of amides is 2. The Morgan fingerprint density at radius 2 is 1.65 bits per heavy atom. The van der Waals surface area contributed by atoms with E-state index in [0.29, 0.717) is 5.56 Å². The van der Waals surface area contributed by atoms with Crippen LogP contribution in [-0.2, 0) is 11.8 Å². The smallest absolute Gasteiger partial charge is 0.255 e. The summed E-state index contributed by atoms with van der Waals surface area (Å²) in [6, 6.07) is 25.4. The first-order valence-electron chi connectivity index (χ1n) is 10.1. The summed E-state index contributed by atoms with van der Waals surface area (Å²) in [5.74, 6) is 4.78. The number of nitrogens with one attached hydrogen (secondary N) is 1. The molecule has 1 aliphatic heterocycles. The maximum atomic E-state index is 13.3. The Balaban J connectivity index is 1.83. The van der Waals surface area contributed by atoms with Crippen molar-refractivity contribution in [1.29, 1.82) is 0 Å². The molecule has 0 saturated heterocycles. The normalized spacial score (nSPS) is 15.4. The first-order chi connectivity index (χ1) is 15.1. The van der Waals surface area contributed by atoms with Crippen LogP contribution in [0.1, 0.15) is 27.5 Å². The molecule has 2 amide bonds. The van der Waals surface area contributed by atoms with Crippen molar-refractivity contribution in [3.8, 4) is 11.3 Å². The van der Waals surface area contributed by atoms with E-state index in [0.717, 1.165) is 33.3 Å². The molecule has 0 spiro atoms. The SMILES string of the molecule is Cn1c(-c2ccccc2)c(C2c3ccccc3C(=O)N2CC(=O)NN)c2ccccc21. The van der Waals surface area contributed by atoms with Crippen LogP contribution >= 0.6 is 0 Å². The van der Waals surface area contributed by atoms with Gasteiger partial charge in [-0.15, -0.1) is 0 Å². The number of fused-ring (bicyclic) bond motifs is 2. The van der Waals surface area contributed by atoms with Crippen molar-refractivity contribution in [3.63, 3.8) is 0 Å². The van der Waals surface area contributed by atoms with Gasteiger partial charge in [0, 0.05) is 29.1 Å². The summed E-state index contributed by atoms with van der Waals surface area (Å²) in [7, 11) is 2.04. The second kappa shape index (κ2) is 7.41. The number of aromatic nitrogens is 1. The first kappa shape index (κ1) is 19.1. The van der Waals surface area contributed by atoms with Crippen LogP contribution in [0, 0.1) is 0 Å². The maximum absolute atomic E-state index is 13.3. The third-order valence-corrected chi connectivity index (χ3v) is 6.00. The summed E-state index contributed by atoms with van der Waals surface area (Å²) in [4.78, 5) is 27.2. The van der Waals surface area contributed by atoms with Crippen LogP contribution < -0.4 is 11.3 Å². The molecule has 1 atom stereocenters. The van der Waals surface area contributed by atoms with E-state index in [1.807, 2.05) is 61.6 Å². The molecule has 5 rings (SSSR count). The largest absolute Gasteiger partial charge is 0.343 e. The van der Waals surface area contributed by atoms with Gasteiger partial charge in [-0.1, -0.05) is 66.7 Å². The number of carbonyl (C=O) groups excluding carboxylic acids is 2. The van der Waals surface area contributed by atoms with Crippen LogP contribution in [0.2, 0.25) is 0 Å². The number of hydrogen-bond acceptors (Lipinski definition) is 3. The third-order valence-electron chi connectivity index (χ3n) is 6.00. The maximum Gasteiger partial charge on any atom is 0.255 e. The topological polar surface area (TPSA) is 80.4 Å². The number of nitrogens with two attached hydrogens (primary N) is 1. The van der Waals surface area contributed by atoms with Gasteiger partial charge in [-0.25, -0.2) is 5.84 Å². The molecule has 1 unspecified atom stereocenters. The van der Waals surface area contributed by atoms with Gasteiger partial charge < -0.3 is 9.47 Å². The highest BCUT2D eigenvalue weighted by Crippen LogP contribution is 2.46. The predicted molar refractivity (Wildman–Crippen MR) is 120 cm³/mol. The summed E-state index contributed by atoms with van der Waals surface area (Å²) in [6.07, 6.45) is 0. The van der Waals surface area contributed by atoms with E-state index in [2.05, 4.69) is 34.3 Å². The molecule has 154 valence electrons. The Morgan fingerprint density at radius 3 is 2.42 bits per heavy atom. The second-order valence-corrected chi connectivity index (χ2v) is 7.69. The molecule has 0 aliphatic carbocycles. The lowest BCUT2D eigenvalue weighted by atomic mass is 9.93. The molecule has 0 bridgehead atoms. The quantitative estimate of drug-likeness (QED) is 0.307. The number of benzene rings is 3. The minimum Gasteiger partial charge on any atom is -0.343 e. The molecule has 0 saturated carbocycles. The highest BCUT2D eigenvalue weighted by molar-refractivity contribution is 6.03. The zero-order chi connectivity index (χ0) is 21.5. The fourth-order valence-electron chi connectivity index (χ4n) is 4.69. The Bertz CT molecular complexity index is 1310. The van der Waals surface area contributed by atoms with Crippen molar-refractivity contribution < 1.29 is 9.59 Å². The van der Waals surface area contributed by atoms with Gasteiger partial charge in [0.2, 0.25) is 0 Å². The minimum absolute atomic E-state index is 0.119. The van der Waals surface area contributed by atoms with Crippen LogP contribution in [0.5, 0.6) is 0 Å². The lowest BCUT2D eigenvalue weighted by Crippen LogP contribution is -2.42. The predicted octanol–water partition coefficient (Wildman–Crippen LogP) is 3.38. The van der Waals surface area contributed by atoms with Crippen LogP contribution in [-0.4, -0.2) is 27.8 Å². The lowest BCUT2D eigenvalue weighted by Gasteiger charge is -2.26. The number of hydrogen-bond donors (Lipinski definition) is 2. The van der Waals surface area contributed by atoms with Crippen molar-refractivity contribution in [2.45, 2.75) is 6.04 Å².